The van der Waals surface area contributed by atoms with Gasteiger partial charge in [-0.2, -0.15) is 5.26 Å². The number of anilines is 1. The van der Waals surface area contributed by atoms with Gasteiger partial charge in [-0.3, -0.25) is 4.79 Å². The van der Waals surface area contributed by atoms with E-state index in [0.717, 1.165) is 0 Å². The van der Waals surface area contributed by atoms with E-state index in [1.807, 2.05) is 6.07 Å². The number of nitrogens with zero attached hydrogens (tertiary/aromatic N) is 1. The minimum Gasteiger partial charge on any atom is -0.479 e. The summed E-state index contributed by atoms with van der Waals surface area (Å²) in [5, 5.41) is 19.7. The first-order valence-electron chi connectivity index (χ1n) is 5.17. The summed E-state index contributed by atoms with van der Waals surface area (Å²) in [7, 11) is 0. The smallest absolute Gasteiger partial charge is 0.332 e. The van der Waals surface area contributed by atoms with Gasteiger partial charge in [-0.25, -0.2) is 4.79 Å². The number of rotatable bonds is 5. The first-order valence-corrected chi connectivity index (χ1v) is 5.17. The Morgan fingerprint density at radius 1 is 1.56 bits per heavy atom. The van der Waals surface area contributed by atoms with Gasteiger partial charge in [-0.15, -0.1) is 0 Å². The van der Waals surface area contributed by atoms with Gasteiger partial charge in [0.1, 0.15) is 6.61 Å². The minimum absolute atomic E-state index is 0.357. The predicted octanol–water partition coefficient (Wildman–Crippen LogP) is 0.986. The van der Waals surface area contributed by atoms with Crippen LogP contribution in [0.5, 0.6) is 0 Å². The molecule has 1 amide bonds. The summed E-state index contributed by atoms with van der Waals surface area (Å²) in [6, 6.07) is 8.33. The molecular formula is C12H12N2O4. The van der Waals surface area contributed by atoms with Crippen molar-refractivity contribution in [2.45, 2.75) is 13.0 Å². The molecule has 0 aromatic heterocycles. The summed E-state index contributed by atoms with van der Waals surface area (Å²) in [6.07, 6.45) is -1.04. The van der Waals surface area contributed by atoms with Crippen LogP contribution in [-0.4, -0.2) is 29.7 Å². The topological polar surface area (TPSA) is 99.4 Å². The summed E-state index contributed by atoms with van der Waals surface area (Å²) in [5.74, 6) is -1.60. The van der Waals surface area contributed by atoms with Gasteiger partial charge in [-0.05, 0) is 25.1 Å². The molecule has 1 atom stereocenters. The first-order chi connectivity index (χ1) is 8.52. The first kappa shape index (κ1) is 13.7. The van der Waals surface area contributed by atoms with Crippen LogP contribution in [0, 0.1) is 11.3 Å². The van der Waals surface area contributed by atoms with Crippen LogP contribution >= 0.6 is 0 Å². The van der Waals surface area contributed by atoms with Crippen molar-refractivity contribution in [3.63, 3.8) is 0 Å². The second kappa shape index (κ2) is 6.37. The highest BCUT2D eigenvalue weighted by Gasteiger charge is 2.13. The maximum absolute atomic E-state index is 11.4. The Balaban J connectivity index is 2.50. The lowest BCUT2D eigenvalue weighted by Crippen LogP contribution is -2.26. The quantitative estimate of drug-likeness (QED) is 0.809. The molecule has 1 aromatic carbocycles. The van der Waals surface area contributed by atoms with Crippen LogP contribution in [0.2, 0.25) is 0 Å². The normalized spacial score (nSPS) is 11.3. The van der Waals surface area contributed by atoms with E-state index < -0.39 is 18.0 Å². The third kappa shape index (κ3) is 4.23. The SMILES string of the molecule is C[C@@H](OCC(=O)Nc1cccc(C#N)c1)C(=O)O. The Morgan fingerprint density at radius 2 is 2.28 bits per heavy atom. The lowest BCUT2D eigenvalue weighted by Gasteiger charge is -2.09. The second-order valence-corrected chi connectivity index (χ2v) is 3.53. The fourth-order valence-electron chi connectivity index (χ4n) is 1.14. The van der Waals surface area contributed by atoms with E-state index in [2.05, 4.69) is 5.32 Å². The summed E-state index contributed by atoms with van der Waals surface area (Å²) in [4.78, 5) is 21.9. The van der Waals surface area contributed by atoms with Crippen LogP contribution in [0.4, 0.5) is 5.69 Å². The number of amides is 1. The monoisotopic (exact) mass is 248 g/mol. The van der Waals surface area contributed by atoms with Crippen molar-refractivity contribution in [2.24, 2.45) is 0 Å². The third-order valence-electron chi connectivity index (χ3n) is 2.09. The molecule has 0 saturated carbocycles. The standard InChI is InChI=1S/C12H12N2O4/c1-8(12(16)17)18-7-11(15)14-10-4-2-3-9(5-10)6-13/h2-5,8H,7H2,1H3,(H,14,15)(H,16,17)/t8-/m1/s1. The van der Waals surface area contributed by atoms with E-state index in [1.165, 1.54) is 13.0 Å². The van der Waals surface area contributed by atoms with E-state index in [-0.39, 0.29) is 6.61 Å². The Morgan fingerprint density at radius 3 is 2.89 bits per heavy atom. The molecule has 0 unspecified atom stereocenters. The van der Waals surface area contributed by atoms with Gasteiger partial charge in [0.2, 0.25) is 5.91 Å². The number of ether oxygens (including phenoxy) is 1. The molecule has 1 aromatic rings. The number of carbonyl (C=O) groups excluding carboxylic acids is 1. The molecule has 2 N–H and O–H groups in total. The van der Waals surface area contributed by atoms with Crippen molar-refractivity contribution in [3.05, 3.63) is 29.8 Å². The molecule has 6 heteroatoms. The van der Waals surface area contributed by atoms with Crippen LogP contribution < -0.4 is 5.32 Å². The second-order valence-electron chi connectivity index (χ2n) is 3.53. The van der Waals surface area contributed by atoms with Gasteiger partial charge in [0.25, 0.3) is 0 Å². The maximum atomic E-state index is 11.4. The lowest BCUT2D eigenvalue weighted by atomic mass is 10.2. The van der Waals surface area contributed by atoms with Gasteiger partial charge >= 0.3 is 5.97 Å². The number of carboxylic acids is 1. The molecule has 0 bridgehead atoms. The molecule has 0 spiro atoms. The summed E-state index contributed by atoms with van der Waals surface area (Å²) in [5.41, 5.74) is 0.887. The van der Waals surface area contributed by atoms with Gasteiger partial charge in [0, 0.05) is 5.69 Å². The number of hydrogen-bond donors (Lipinski definition) is 2. The molecule has 0 radical (unpaired) electrons. The highest BCUT2D eigenvalue weighted by Crippen LogP contribution is 2.09. The van der Waals surface area contributed by atoms with Crippen molar-refractivity contribution < 1.29 is 19.4 Å². The van der Waals surface area contributed by atoms with Crippen molar-refractivity contribution in [1.29, 1.82) is 5.26 Å². The van der Waals surface area contributed by atoms with Gasteiger partial charge in [0.15, 0.2) is 6.10 Å². The fourth-order valence-corrected chi connectivity index (χ4v) is 1.14. The van der Waals surface area contributed by atoms with Crippen LogP contribution in [0.3, 0.4) is 0 Å². The number of benzene rings is 1. The number of carboxylic acid groups (broad SMARTS) is 1. The molecule has 6 nitrogen and oxygen atoms in total. The van der Waals surface area contributed by atoms with E-state index in [4.69, 9.17) is 15.1 Å². The number of carbonyl (C=O) groups is 2. The van der Waals surface area contributed by atoms with E-state index in [1.54, 1.807) is 18.2 Å². The molecule has 94 valence electrons. The average molecular weight is 248 g/mol. The molecule has 0 aliphatic heterocycles. The number of aliphatic carboxylic acids is 1. The van der Waals surface area contributed by atoms with Crippen LogP contribution in [0.25, 0.3) is 0 Å². The molecule has 0 aliphatic carbocycles. The summed E-state index contributed by atoms with van der Waals surface area (Å²) < 4.78 is 4.82. The Labute approximate surface area is 104 Å². The average Bonchev–Trinajstić information content (AvgIpc) is 2.36. The molecule has 18 heavy (non-hydrogen) atoms. The predicted molar refractivity (Wildman–Crippen MR) is 62.8 cm³/mol. The van der Waals surface area contributed by atoms with Crippen molar-refractivity contribution in [1.82, 2.24) is 0 Å². The Kier molecular flexibility index (Phi) is 4.84. The highest BCUT2D eigenvalue weighted by atomic mass is 16.5. The fraction of sp³-hybridized carbons (Fsp3) is 0.250. The zero-order valence-electron chi connectivity index (χ0n) is 9.71. The van der Waals surface area contributed by atoms with Gasteiger partial charge < -0.3 is 15.2 Å². The van der Waals surface area contributed by atoms with Crippen molar-refractivity contribution in [2.75, 3.05) is 11.9 Å². The van der Waals surface area contributed by atoms with E-state index in [0.29, 0.717) is 11.3 Å². The Hall–Kier alpha value is -2.39. The molecule has 0 saturated heterocycles. The van der Waals surface area contributed by atoms with Crippen LogP contribution in [0.15, 0.2) is 24.3 Å². The zero-order chi connectivity index (χ0) is 13.5. The number of nitrogens with one attached hydrogen (secondary N) is 1. The molecule has 0 fully saturated rings. The summed E-state index contributed by atoms with van der Waals surface area (Å²) >= 11 is 0. The number of hydrogen-bond acceptors (Lipinski definition) is 4. The van der Waals surface area contributed by atoms with E-state index in [9.17, 15) is 9.59 Å². The van der Waals surface area contributed by atoms with Crippen molar-refractivity contribution >= 4 is 17.6 Å². The van der Waals surface area contributed by atoms with Crippen LogP contribution in [0.1, 0.15) is 12.5 Å². The van der Waals surface area contributed by atoms with E-state index >= 15 is 0 Å². The van der Waals surface area contributed by atoms with Crippen molar-refractivity contribution in [3.8, 4) is 6.07 Å². The molecule has 0 heterocycles. The number of nitriles is 1. The lowest BCUT2D eigenvalue weighted by molar-refractivity contribution is -0.150. The minimum atomic E-state index is -1.13. The van der Waals surface area contributed by atoms with Gasteiger partial charge in [0.05, 0.1) is 11.6 Å². The Bertz CT molecular complexity index is 493. The maximum Gasteiger partial charge on any atom is 0.332 e. The largest absolute Gasteiger partial charge is 0.479 e. The van der Waals surface area contributed by atoms with Gasteiger partial charge in [-0.1, -0.05) is 6.07 Å². The highest BCUT2D eigenvalue weighted by molar-refractivity contribution is 5.92. The zero-order valence-corrected chi connectivity index (χ0v) is 9.71. The molecular weight excluding hydrogens is 236 g/mol. The molecule has 1 rings (SSSR count). The molecule has 0 aliphatic rings. The van der Waals surface area contributed by atoms with Crippen LogP contribution in [-0.2, 0) is 14.3 Å². The summed E-state index contributed by atoms with van der Waals surface area (Å²) in [6.45, 7) is 0.982. The third-order valence-corrected chi connectivity index (χ3v) is 2.09.